The second kappa shape index (κ2) is 11.4. The van der Waals surface area contributed by atoms with Crippen molar-refractivity contribution in [1.29, 1.82) is 0 Å². The second-order valence-electron chi connectivity index (χ2n) is 9.14. The van der Waals surface area contributed by atoms with Gasteiger partial charge in [0.05, 0.1) is 0 Å². The zero-order chi connectivity index (χ0) is 24.8. The van der Waals surface area contributed by atoms with Gasteiger partial charge in [0.15, 0.2) is 0 Å². The highest BCUT2D eigenvalue weighted by molar-refractivity contribution is 7.09. The molecule has 0 aliphatic heterocycles. The summed E-state index contributed by atoms with van der Waals surface area (Å²) >= 11 is 1.41. The van der Waals surface area contributed by atoms with Crippen molar-refractivity contribution in [2.75, 3.05) is 0 Å². The third kappa shape index (κ3) is 6.88. The Kier molecular flexibility index (Phi) is 8.13. The summed E-state index contributed by atoms with van der Waals surface area (Å²) in [6.07, 6.45) is 3.08. The Labute approximate surface area is 208 Å². The molecule has 0 spiro atoms. The molecule has 6 nitrogen and oxygen atoms in total. The molecule has 2 aromatic carbocycles. The summed E-state index contributed by atoms with van der Waals surface area (Å²) in [5.74, 6) is 0.491. The van der Waals surface area contributed by atoms with Crippen LogP contribution in [0.1, 0.15) is 76.9 Å². The van der Waals surface area contributed by atoms with Crippen molar-refractivity contribution in [3.63, 3.8) is 0 Å². The van der Waals surface area contributed by atoms with E-state index in [1.54, 1.807) is 5.38 Å². The summed E-state index contributed by atoms with van der Waals surface area (Å²) in [6.45, 7) is 4.62. The number of hydrogen-bond donors (Lipinski definition) is 2. The molecule has 4 rings (SSSR count). The number of ether oxygens (including phenoxy) is 1. The van der Waals surface area contributed by atoms with Gasteiger partial charge in [0.25, 0.3) is 11.8 Å². The van der Waals surface area contributed by atoms with Gasteiger partial charge in [-0.3, -0.25) is 9.59 Å². The first kappa shape index (κ1) is 24.9. The number of thiazole rings is 1. The van der Waals surface area contributed by atoms with Crippen LogP contribution >= 0.6 is 11.3 Å². The largest absolute Gasteiger partial charge is 0.486 e. The number of nitrogens with one attached hydrogen (secondary N) is 2. The van der Waals surface area contributed by atoms with Gasteiger partial charge in [-0.1, -0.05) is 26.0 Å². The van der Waals surface area contributed by atoms with Gasteiger partial charge in [0.2, 0.25) is 0 Å². The van der Waals surface area contributed by atoms with E-state index in [9.17, 15) is 14.0 Å². The molecule has 3 aromatic rings. The second-order valence-corrected chi connectivity index (χ2v) is 10.1. The lowest BCUT2D eigenvalue weighted by Crippen LogP contribution is -2.43. The van der Waals surface area contributed by atoms with Crippen LogP contribution < -0.4 is 15.4 Å². The van der Waals surface area contributed by atoms with E-state index in [4.69, 9.17) is 4.74 Å². The molecular formula is C27H30FN3O3S. The number of carbonyl (C=O) groups is 2. The highest BCUT2D eigenvalue weighted by Gasteiger charge is 2.25. The molecule has 1 aliphatic rings. The molecule has 1 saturated carbocycles. The average Bonchev–Trinajstić information content (AvgIpc) is 3.34. The first-order valence-corrected chi connectivity index (χ1v) is 12.8. The van der Waals surface area contributed by atoms with Crippen molar-refractivity contribution in [1.82, 2.24) is 15.6 Å². The van der Waals surface area contributed by atoms with Crippen LogP contribution in [-0.2, 0) is 6.61 Å². The monoisotopic (exact) mass is 495 g/mol. The van der Waals surface area contributed by atoms with Gasteiger partial charge in [0.1, 0.15) is 28.9 Å². The Morgan fingerprint density at radius 3 is 2.17 bits per heavy atom. The van der Waals surface area contributed by atoms with Crippen molar-refractivity contribution >= 4 is 23.2 Å². The summed E-state index contributed by atoms with van der Waals surface area (Å²) < 4.78 is 18.9. The quantitative estimate of drug-likeness (QED) is 0.435. The number of rotatable bonds is 8. The van der Waals surface area contributed by atoms with Gasteiger partial charge in [-0.2, -0.15) is 0 Å². The Morgan fingerprint density at radius 1 is 0.971 bits per heavy atom. The number of carbonyl (C=O) groups excluding carboxylic acids is 2. The van der Waals surface area contributed by atoms with Crippen LogP contribution in [0.15, 0.2) is 53.9 Å². The average molecular weight is 496 g/mol. The third-order valence-electron chi connectivity index (χ3n) is 6.20. The zero-order valence-corrected chi connectivity index (χ0v) is 20.7. The van der Waals surface area contributed by atoms with Crippen molar-refractivity contribution in [2.45, 2.75) is 64.1 Å². The Balaban J connectivity index is 1.20. The number of hydrogen-bond acceptors (Lipinski definition) is 5. The molecule has 1 aliphatic carbocycles. The zero-order valence-electron chi connectivity index (χ0n) is 19.9. The van der Waals surface area contributed by atoms with Crippen LogP contribution in [0.5, 0.6) is 5.75 Å². The van der Waals surface area contributed by atoms with E-state index in [1.807, 2.05) is 12.1 Å². The lowest BCUT2D eigenvalue weighted by atomic mass is 9.91. The maximum atomic E-state index is 13.0. The topological polar surface area (TPSA) is 80.3 Å². The van der Waals surface area contributed by atoms with Crippen LogP contribution in [0, 0.1) is 5.82 Å². The third-order valence-corrected chi connectivity index (χ3v) is 7.02. The van der Waals surface area contributed by atoms with Gasteiger partial charge in [-0.25, -0.2) is 9.37 Å². The fourth-order valence-corrected chi connectivity index (χ4v) is 4.77. The molecule has 0 saturated heterocycles. The lowest BCUT2D eigenvalue weighted by Gasteiger charge is -2.29. The Morgan fingerprint density at radius 2 is 1.57 bits per heavy atom. The van der Waals surface area contributed by atoms with Gasteiger partial charge in [0, 0.05) is 23.0 Å². The molecule has 1 heterocycles. The normalized spacial score (nSPS) is 17.7. The summed E-state index contributed by atoms with van der Waals surface area (Å²) in [5, 5.41) is 8.56. The SMILES string of the molecule is CC(C)c1ccc(OCc2nc(C(=O)NC3CCC(NC(=O)c4ccc(F)cc4)CC3)cs2)cc1. The van der Waals surface area contributed by atoms with E-state index in [0.717, 1.165) is 36.4 Å². The minimum atomic E-state index is -0.367. The van der Waals surface area contributed by atoms with Crippen molar-refractivity contribution in [3.05, 3.63) is 81.6 Å². The molecule has 1 aromatic heterocycles. The lowest BCUT2D eigenvalue weighted by molar-refractivity contribution is 0.0889. The number of nitrogens with zero attached hydrogens (tertiary/aromatic N) is 1. The van der Waals surface area contributed by atoms with E-state index in [2.05, 4.69) is 41.6 Å². The van der Waals surface area contributed by atoms with Crippen LogP contribution in [0.3, 0.4) is 0 Å². The first-order valence-electron chi connectivity index (χ1n) is 11.9. The predicted octanol–water partition coefficient (Wildman–Crippen LogP) is 5.46. The maximum Gasteiger partial charge on any atom is 0.270 e. The van der Waals surface area contributed by atoms with E-state index in [-0.39, 0.29) is 29.7 Å². The predicted molar refractivity (Wildman–Crippen MR) is 134 cm³/mol. The molecule has 35 heavy (non-hydrogen) atoms. The molecule has 184 valence electrons. The van der Waals surface area contributed by atoms with Gasteiger partial charge < -0.3 is 15.4 Å². The number of benzene rings is 2. The van der Waals surface area contributed by atoms with Crippen LogP contribution in [0.2, 0.25) is 0 Å². The number of halogens is 1. The van der Waals surface area contributed by atoms with Crippen LogP contribution in [0.4, 0.5) is 4.39 Å². The molecule has 0 unspecified atom stereocenters. The molecule has 1 fully saturated rings. The van der Waals surface area contributed by atoms with Gasteiger partial charge in [-0.15, -0.1) is 11.3 Å². The Bertz CT molecular complexity index is 1140. The molecule has 2 amide bonds. The maximum absolute atomic E-state index is 13.0. The molecule has 0 bridgehead atoms. The summed E-state index contributed by atoms with van der Waals surface area (Å²) in [6, 6.07) is 13.6. The standard InChI is InChI=1S/C27H30FN3O3S/c1-17(2)18-5-13-23(14-6-18)34-15-25-31-24(16-35-25)27(33)30-22-11-9-21(10-12-22)29-26(32)19-3-7-20(28)8-4-19/h3-8,13-14,16-17,21-22H,9-12,15H2,1-2H3,(H,29,32)(H,30,33). The molecule has 8 heteroatoms. The van der Waals surface area contributed by atoms with Crippen molar-refractivity contribution in [3.8, 4) is 5.75 Å². The molecular weight excluding hydrogens is 465 g/mol. The highest BCUT2D eigenvalue weighted by Crippen LogP contribution is 2.22. The van der Waals surface area contributed by atoms with E-state index >= 15 is 0 Å². The number of amides is 2. The van der Waals surface area contributed by atoms with Crippen LogP contribution in [0.25, 0.3) is 0 Å². The minimum absolute atomic E-state index is 0.0401. The summed E-state index contributed by atoms with van der Waals surface area (Å²) in [5.41, 5.74) is 2.10. The van der Waals surface area contributed by atoms with Gasteiger partial charge >= 0.3 is 0 Å². The molecule has 0 radical (unpaired) electrons. The fraction of sp³-hybridized carbons (Fsp3) is 0.370. The summed E-state index contributed by atoms with van der Waals surface area (Å²) in [7, 11) is 0. The Hall–Kier alpha value is -3.26. The molecule has 0 atom stereocenters. The molecule has 2 N–H and O–H groups in total. The van der Waals surface area contributed by atoms with E-state index < -0.39 is 0 Å². The fourth-order valence-electron chi connectivity index (χ4n) is 4.09. The van der Waals surface area contributed by atoms with Crippen molar-refractivity contribution < 1.29 is 18.7 Å². The minimum Gasteiger partial charge on any atom is -0.486 e. The summed E-state index contributed by atoms with van der Waals surface area (Å²) in [4.78, 5) is 29.4. The van der Waals surface area contributed by atoms with E-state index in [0.29, 0.717) is 23.8 Å². The number of aromatic nitrogens is 1. The highest BCUT2D eigenvalue weighted by atomic mass is 32.1. The smallest absolute Gasteiger partial charge is 0.270 e. The van der Waals surface area contributed by atoms with Crippen molar-refractivity contribution in [2.24, 2.45) is 0 Å². The van der Waals surface area contributed by atoms with Gasteiger partial charge in [-0.05, 0) is 73.6 Å². The first-order chi connectivity index (χ1) is 16.9. The van der Waals surface area contributed by atoms with Crippen LogP contribution in [-0.4, -0.2) is 28.9 Å². The van der Waals surface area contributed by atoms with E-state index in [1.165, 1.54) is 41.2 Å².